The number of carboxylic acids is 2. The topological polar surface area (TPSA) is 135 Å². The Balaban J connectivity index is -0.00000544. The first-order valence-electron chi connectivity index (χ1n) is 14.3. The van der Waals surface area contributed by atoms with Gasteiger partial charge in [-0.05, 0) is 51.4 Å². The molecule has 0 aliphatic rings. The lowest BCUT2D eigenvalue weighted by molar-refractivity contribution is -0.903. The second-order valence-corrected chi connectivity index (χ2v) is 11.2. The van der Waals surface area contributed by atoms with Crippen LogP contribution in [0.3, 0.4) is 0 Å². The molecule has 0 saturated carbocycles. The molecule has 0 aromatic rings. The first-order chi connectivity index (χ1) is 16.2. The highest BCUT2D eigenvalue weighted by atomic mass is 16.4. The van der Waals surface area contributed by atoms with Crippen LogP contribution in [0.5, 0.6) is 0 Å². The third kappa shape index (κ3) is 23.2. The standard InChI is InChI=1S/C28H56N2O4.2H2O/c1-5-7-9-11-13-17-21-29(3,25-27(31)32)23-19-15-16-20-24-30(4,26-28(33)34)22-18-14-12-10-8-6-2;;/h5-26H2,1-4H3;2*1H2. The summed E-state index contributed by atoms with van der Waals surface area (Å²) in [5.41, 5.74) is 0. The summed E-state index contributed by atoms with van der Waals surface area (Å²) in [6.45, 7) is 8.60. The first-order valence-corrected chi connectivity index (χ1v) is 14.3. The van der Waals surface area contributed by atoms with Crippen LogP contribution in [0.4, 0.5) is 0 Å². The summed E-state index contributed by atoms with van der Waals surface area (Å²) >= 11 is 0. The fourth-order valence-corrected chi connectivity index (χ4v) is 5.08. The van der Waals surface area contributed by atoms with E-state index in [0.29, 0.717) is 8.97 Å². The minimum Gasteiger partial charge on any atom is -0.870 e. The van der Waals surface area contributed by atoms with Gasteiger partial charge in [0.1, 0.15) is 0 Å². The molecule has 36 heavy (non-hydrogen) atoms. The van der Waals surface area contributed by atoms with E-state index in [-0.39, 0.29) is 24.0 Å². The molecule has 218 valence electrons. The molecule has 2 atom stereocenters. The zero-order chi connectivity index (χ0) is 25.7. The Morgan fingerprint density at radius 3 is 0.917 bits per heavy atom. The van der Waals surface area contributed by atoms with Crippen molar-refractivity contribution in [3.63, 3.8) is 0 Å². The van der Waals surface area contributed by atoms with Crippen LogP contribution in [-0.2, 0) is 9.59 Å². The summed E-state index contributed by atoms with van der Waals surface area (Å²) < 4.78 is 1.27. The fourth-order valence-electron chi connectivity index (χ4n) is 5.08. The van der Waals surface area contributed by atoms with Crippen LogP contribution in [0.2, 0.25) is 0 Å². The van der Waals surface area contributed by atoms with E-state index in [9.17, 15) is 19.8 Å². The van der Waals surface area contributed by atoms with E-state index in [1.807, 2.05) is 0 Å². The number of quaternary nitrogens is 2. The van der Waals surface area contributed by atoms with Crippen molar-refractivity contribution in [3.8, 4) is 0 Å². The fraction of sp³-hybridized carbons (Fsp3) is 0.929. The highest BCUT2D eigenvalue weighted by Gasteiger charge is 2.26. The average molecular weight is 521 g/mol. The second kappa shape index (κ2) is 24.1. The van der Waals surface area contributed by atoms with E-state index >= 15 is 0 Å². The third-order valence-corrected chi connectivity index (χ3v) is 7.28. The normalized spacial score (nSPS) is 14.2. The number of hydrogen-bond acceptors (Lipinski definition) is 4. The second-order valence-electron chi connectivity index (χ2n) is 11.2. The van der Waals surface area contributed by atoms with Crippen molar-refractivity contribution >= 4 is 11.9 Å². The molecule has 4 N–H and O–H groups in total. The molecule has 0 aromatic heterocycles. The Kier molecular flexibility index (Phi) is 26.3. The van der Waals surface area contributed by atoms with Gasteiger partial charge in [0.15, 0.2) is 13.1 Å². The molecule has 0 heterocycles. The maximum atomic E-state index is 11.4. The lowest BCUT2D eigenvalue weighted by Gasteiger charge is -2.34. The van der Waals surface area contributed by atoms with Crippen molar-refractivity contribution in [1.29, 1.82) is 0 Å². The number of unbranched alkanes of at least 4 members (excludes halogenated alkanes) is 13. The van der Waals surface area contributed by atoms with Gasteiger partial charge in [0.2, 0.25) is 0 Å². The lowest BCUT2D eigenvalue weighted by Crippen LogP contribution is -2.49. The van der Waals surface area contributed by atoms with Gasteiger partial charge < -0.3 is 30.1 Å². The van der Waals surface area contributed by atoms with Crippen LogP contribution >= 0.6 is 0 Å². The van der Waals surface area contributed by atoms with Crippen molar-refractivity contribution in [2.75, 3.05) is 53.4 Å². The lowest BCUT2D eigenvalue weighted by atomic mass is 10.1. The van der Waals surface area contributed by atoms with Crippen molar-refractivity contribution in [1.82, 2.24) is 0 Å². The molecule has 0 aliphatic carbocycles. The van der Waals surface area contributed by atoms with Crippen LogP contribution in [0.1, 0.15) is 117 Å². The van der Waals surface area contributed by atoms with E-state index in [1.165, 1.54) is 64.2 Å². The SMILES string of the molecule is CCCCCCCC[N+](C)(CCCCCC[N+](C)(CCCCCCCC)CC(=O)O)CC(=O)O.[OH-].[OH-]. The van der Waals surface area contributed by atoms with Crippen LogP contribution in [0.25, 0.3) is 0 Å². The smallest absolute Gasteiger partial charge is 0.359 e. The third-order valence-electron chi connectivity index (χ3n) is 7.28. The summed E-state index contributed by atoms with van der Waals surface area (Å²) in [5.74, 6) is -1.41. The van der Waals surface area contributed by atoms with Gasteiger partial charge >= 0.3 is 11.9 Å². The number of aliphatic carboxylic acids is 2. The van der Waals surface area contributed by atoms with Gasteiger partial charge in [0.25, 0.3) is 0 Å². The first kappa shape index (κ1) is 39.3. The van der Waals surface area contributed by atoms with Gasteiger partial charge in [-0.3, -0.25) is 0 Å². The molecule has 0 rings (SSSR count). The zero-order valence-corrected chi connectivity index (χ0v) is 24.1. The van der Waals surface area contributed by atoms with Crippen LogP contribution < -0.4 is 0 Å². The maximum Gasteiger partial charge on any atom is 0.359 e. The van der Waals surface area contributed by atoms with Crippen molar-refractivity contribution in [2.24, 2.45) is 0 Å². The number of carboxylic acid groups (broad SMARTS) is 2. The Morgan fingerprint density at radius 1 is 0.472 bits per heavy atom. The Morgan fingerprint density at radius 2 is 0.694 bits per heavy atom. The van der Waals surface area contributed by atoms with Gasteiger partial charge in [-0.25, -0.2) is 9.59 Å². The molecule has 0 bridgehead atoms. The molecule has 0 radical (unpaired) electrons. The van der Waals surface area contributed by atoms with E-state index in [4.69, 9.17) is 0 Å². The minimum absolute atomic E-state index is 0. The van der Waals surface area contributed by atoms with Gasteiger partial charge in [-0.1, -0.05) is 65.2 Å². The van der Waals surface area contributed by atoms with Crippen LogP contribution in [-0.4, -0.2) is 95.4 Å². The molecular weight excluding hydrogens is 460 g/mol. The Hall–Kier alpha value is -1.22. The van der Waals surface area contributed by atoms with E-state index in [0.717, 1.165) is 64.7 Å². The molecule has 0 aliphatic heterocycles. The van der Waals surface area contributed by atoms with Gasteiger partial charge in [0.05, 0.1) is 40.3 Å². The molecule has 0 saturated heterocycles. The van der Waals surface area contributed by atoms with E-state index in [1.54, 1.807) is 0 Å². The monoisotopic (exact) mass is 520 g/mol. The molecule has 0 spiro atoms. The number of likely N-dealkylation sites (N-methyl/N-ethyl adjacent to an activating group) is 2. The van der Waals surface area contributed by atoms with Crippen molar-refractivity contribution < 1.29 is 39.7 Å². The molecule has 0 amide bonds. The Bertz CT molecular complexity index is 488. The van der Waals surface area contributed by atoms with Crippen molar-refractivity contribution in [2.45, 2.75) is 117 Å². The predicted octanol–water partition coefficient (Wildman–Crippen LogP) is 5.98. The highest BCUT2D eigenvalue weighted by Crippen LogP contribution is 2.15. The van der Waals surface area contributed by atoms with E-state index < -0.39 is 11.9 Å². The minimum atomic E-state index is -0.704. The number of hydrogen-bond donors (Lipinski definition) is 2. The van der Waals surface area contributed by atoms with Crippen molar-refractivity contribution in [3.05, 3.63) is 0 Å². The molecule has 0 fully saturated rings. The van der Waals surface area contributed by atoms with Gasteiger partial charge in [-0.2, -0.15) is 0 Å². The summed E-state index contributed by atoms with van der Waals surface area (Å²) in [6.07, 6.45) is 19.1. The molecule has 8 nitrogen and oxygen atoms in total. The molecule has 0 aromatic carbocycles. The highest BCUT2D eigenvalue weighted by molar-refractivity contribution is 5.68. The Labute approximate surface area is 221 Å². The van der Waals surface area contributed by atoms with Crippen LogP contribution in [0.15, 0.2) is 0 Å². The molecule has 2 unspecified atom stereocenters. The van der Waals surface area contributed by atoms with Gasteiger partial charge in [0, 0.05) is 0 Å². The largest absolute Gasteiger partial charge is 0.870 e. The number of nitrogens with zero attached hydrogens (tertiary/aromatic N) is 2. The van der Waals surface area contributed by atoms with Gasteiger partial charge in [-0.15, -0.1) is 0 Å². The van der Waals surface area contributed by atoms with E-state index in [2.05, 4.69) is 27.9 Å². The summed E-state index contributed by atoms with van der Waals surface area (Å²) in [7, 11) is 4.20. The zero-order valence-electron chi connectivity index (χ0n) is 24.1. The number of rotatable bonds is 25. The summed E-state index contributed by atoms with van der Waals surface area (Å²) in [4.78, 5) is 22.8. The molecule has 8 heteroatoms. The summed E-state index contributed by atoms with van der Waals surface area (Å²) in [5, 5.41) is 18.8. The number of carbonyl (C=O) groups is 2. The quantitative estimate of drug-likeness (QED) is 0.112. The predicted molar refractivity (Wildman–Crippen MR) is 146 cm³/mol. The van der Waals surface area contributed by atoms with Crippen LogP contribution in [0, 0.1) is 0 Å². The molecular formula is C28H60N2O6. The summed E-state index contributed by atoms with van der Waals surface area (Å²) in [6, 6.07) is 0. The maximum absolute atomic E-state index is 11.4. The average Bonchev–Trinajstić information content (AvgIpc) is 2.74.